The molecule has 1 fully saturated rings. The summed E-state index contributed by atoms with van der Waals surface area (Å²) in [6, 6.07) is 1.59. The Kier molecular flexibility index (Phi) is 5.03. The summed E-state index contributed by atoms with van der Waals surface area (Å²) >= 11 is 12.1. The average Bonchev–Trinajstić information content (AvgIpc) is 2.35. The highest BCUT2D eigenvalue weighted by Crippen LogP contribution is 2.38. The van der Waals surface area contributed by atoms with Crippen molar-refractivity contribution in [3.8, 4) is 5.88 Å². The lowest BCUT2D eigenvalue weighted by Crippen LogP contribution is -2.36. The van der Waals surface area contributed by atoms with E-state index in [2.05, 4.69) is 25.8 Å². The first-order chi connectivity index (χ1) is 9.38. The Bertz CT molecular complexity index is 479. The smallest absolute Gasteiger partial charge is 0.234 e. The van der Waals surface area contributed by atoms with Gasteiger partial charge in [0.2, 0.25) is 5.88 Å². The highest BCUT2D eigenvalue weighted by Gasteiger charge is 2.33. The molecule has 3 unspecified atom stereocenters. The van der Waals surface area contributed by atoms with Crippen molar-refractivity contribution in [1.82, 2.24) is 4.98 Å². The van der Waals surface area contributed by atoms with Crippen LogP contribution in [-0.4, -0.2) is 11.1 Å². The van der Waals surface area contributed by atoms with Gasteiger partial charge in [0.15, 0.2) is 0 Å². The van der Waals surface area contributed by atoms with E-state index in [9.17, 15) is 0 Å². The summed E-state index contributed by atoms with van der Waals surface area (Å²) in [6.07, 6.45) is 3.62. The zero-order chi connectivity index (χ0) is 14.9. The van der Waals surface area contributed by atoms with Crippen LogP contribution in [-0.2, 0) is 0 Å². The van der Waals surface area contributed by atoms with E-state index in [0.717, 1.165) is 6.42 Å². The molecule has 3 atom stereocenters. The Morgan fingerprint density at radius 1 is 1.30 bits per heavy atom. The second-order valence-electron chi connectivity index (χ2n) is 6.12. The third kappa shape index (κ3) is 3.50. The van der Waals surface area contributed by atoms with Crippen molar-refractivity contribution in [3.05, 3.63) is 16.1 Å². The van der Waals surface area contributed by atoms with Crippen LogP contribution in [0.15, 0.2) is 6.07 Å². The Labute approximate surface area is 130 Å². The normalized spacial score (nSPS) is 26.8. The summed E-state index contributed by atoms with van der Waals surface area (Å²) in [4.78, 5) is 4.18. The van der Waals surface area contributed by atoms with Crippen LogP contribution in [0.3, 0.4) is 0 Å². The maximum Gasteiger partial charge on any atom is 0.234 e. The van der Waals surface area contributed by atoms with Crippen molar-refractivity contribution in [3.63, 3.8) is 0 Å². The molecule has 112 valence electrons. The van der Waals surface area contributed by atoms with Crippen molar-refractivity contribution in [2.75, 3.05) is 5.73 Å². The average molecular weight is 317 g/mol. The lowest BCUT2D eigenvalue weighted by Gasteiger charge is -2.37. The predicted octanol–water partition coefficient (Wildman–Crippen LogP) is 4.81. The fourth-order valence-electron chi connectivity index (χ4n) is 2.94. The van der Waals surface area contributed by atoms with Crippen LogP contribution in [0, 0.1) is 17.8 Å². The van der Waals surface area contributed by atoms with Crippen molar-refractivity contribution >= 4 is 29.0 Å². The third-order valence-corrected chi connectivity index (χ3v) is 4.72. The van der Waals surface area contributed by atoms with Gasteiger partial charge in [-0.05, 0) is 36.7 Å². The number of hydrogen-bond acceptors (Lipinski definition) is 3. The molecule has 2 rings (SSSR count). The third-order valence-electron chi connectivity index (χ3n) is 4.15. The number of nitrogens with zero attached hydrogens (tertiary/aromatic N) is 1. The molecule has 0 aromatic carbocycles. The first-order valence-corrected chi connectivity index (χ1v) is 7.92. The van der Waals surface area contributed by atoms with Crippen LogP contribution < -0.4 is 10.5 Å². The van der Waals surface area contributed by atoms with Gasteiger partial charge in [-0.1, -0.05) is 50.4 Å². The zero-order valence-electron chi connectivity index (χ0n) is 12.2. The van der Waals surface area contributed by atoms with Crippen LogP contribution in [0.25, 0.3) is 0 Å². The van der Waals surface area contributed by atoms with E-state index < -0.39 is 0 Å². The van der Waals surface area contributed by atoms with Crippen molar-refractivity contribution < 1.29 is 4.74 Å². The van der Waals surface area contributed by atoms with Gasteiger partial charge in [0.25, 0.3) is 0 Å². The number of rotatable bonds is 3. The van der Waals surface area contributed by atoms with E-state index in [1.165, 1.54) is 12.8 Å². The molecule has 1 saturated carbocycles. The minimum Gasteiger partial charge on any atom is -0.473 e. The highest BCUT2D eigenvalue weighted by atomic mass is 35.5. The lowest BCUT2D eigenvalue weighted by molar-refractivity contribution is 0.0428. The summed E-state index contributed by atoms with van der Waals surface area (Å²) in [6.45, 7) is 6.74. The van der Waals surface area contributed by atoms with E-state index in [1.54, 1.807) is 6.07 Å². The molecule has 1 aromatic heterocycles. The van der Waals surface area contributed by atoms with Crippen molar-refractivity contribution in [2.24, 2.45) is 17.8 Å². The van der Waals surface area contributed by atoms with E-state index in [-0.39, 0.29) is 11.9 Å². The van der Waals surface area contributed by atoms with E-state index in [0.29, 0.717) is 33.7 Å². The summed E-state index contributed by atoms with van der Waals surface area (Å²) in [5.41, 5.74) is 5.73. The number of nitrogens with two attached hydrogens (primary N) is 1. The molecular formula is C15H22Cl2N2O. The molecule has 0 bridgehead atoms. The summed E-state index contributed by atoms with van der Waals surface area (Å²) in [5.74, 6) is 2.43. The molecule has 1 aromatic rings. The number of anilines is 1. The number of hydrogen-bond donors (Lipinski definition) is 1. The Hall–Kier alpha value is -0.670. The predicted molar refractivity (Wildman–Crippen MR) is 84.4 cm³/mol. The second kappa shape index (κ2) is 6.40. The first kappa shape index (κ1) is 15.7. The fraction of sp³-hybridized carbons (Fsp3) is 0.667. The standard InChI is InChI=1S/C15H22Cl2N2O/c1-8(2)10-5-4-9(3)6-13(10)20-15-12(17)7-11(16)14(18)19-15/h7-10,13H,4-6H2,1-3H3,(H2,18,19). The highest BCUT2D eigenvalue weighted by molar-refractivity contribution is 6.36. The molecule has 1 heterocycles. The van der Waals surface area contributed by atoms with E-state index in [1.807, 2.05) is 0 Å². The molecule has 0 saturated heterocycles. The molecular weight excluding hydrogens is 295 g/mol. The van der Waals surface area contributed by atoms with Gasteiger partial charge in [-0.2, -0.15) is 4.98 Å². The van der Waals surface area contributed by atoms with Crippen LogP contribution in [0.2, 0.25) is 10.0 Å². The molecule has 1 aliphatic carbocycles. The number of halogens is 2. The SMILES string of the molecule is CC1CCC(C(C)C)C(Oc2nc(N)c(Cl)cc2Cl)C1. The lowest BCUT2D eigenvalue weighted by atomic mass is 9.75. The zero-order valence-corrected chi connectivity index (χ0v) is 13.7. The number of ether oxygens (including phenoxy) is 1. The first-order valence-electron chi connectivity index (χ1n) is 7.16. The van der Waals surface area contributed by atoms with Crippen molar-refractivity contribution in [1.29, 1.82) is 0 Å². The topological polar surface area (TPSA) is 48.1 Å². The fourth-order valence-corrected chi connectivity index (χ4v) is 3.34. The van der Waals surface area contributed by atoms with Crippen molar-refractivity contribution in [2.45, 2.75) is 46.1 Å². The Morgan fingerprint density at radius 2 is 2.00 bits per heavy atom. The molecule has 2 N–H and O–H groups in total. The maximum atomic E-state index is 6.16. The van der Waals surface area contributed by atoms with Gasteiger partial charge in [0, 0.05) is 0 Å². The van der Waals surface area contributed by atoms with Gasteiger partial charge in [-0.25, -0.2) is 0 Å². The summed E-state index contributed by atoms with van der Waals surface area (Å²) < 4.78 is 6.08. The Morgan fingerprint density at radius 3 is 2.65 bits per heavy atom. The minimum atomic E-state index is 0.143. The molecule has 0 amide bonds. The molecule has 1 aliphatic rings. The molecule has 0 aliphatic heterocycles. The van der Waals surface area contributed by atoms with Gasteiger partial charge < -0.3 is 10.5 Å². The van der Waals surface area contributed by atoms with E-state index in [4.69, 9.17) is 33.7 Å². The number of pyridine rings is 1. The monoisotopic (exact) mass is 316 g/mol. The van der Waals surface area contributed by atoms with Crippen LogP contribution >= 0.6 is 23.2 Å². The van der Waals surface area contributed by atoms with Gasteiger partial charge in [-0.15, -0.1) is 0 Å². The van der Waals surface area contributed by atoms with Gasteiger partial charge in [0.05, 0.1) is 5.02 Å². The van der Waals surface area contributed by atoms with Crippen LogP contribution in [0.1, 0.15) is 40.0 Å². The molecule has 3 nitrogen and oxygen atoms in total. The van der Waals surface area contributed by atoms with Gasteiger partial charge >= 0.3 is 0 Å². The quantitative estimate of drug-likeness (QED) is 0.870. The molecule has 5 heteroatoms. The molecule has 20 heavy (non-hydrogen) atoms. The molecule has 0 radical (unpaired) electrons. The maximum absolute atomic E-state index is 6.16. The summed E-state index contributed by atoms with van der Waals surface area (Å²) in [7, 11) is 0. The number of nitrogen functional groups attached to an aromatic ring is 1. The van der Waals surface area contributed by atoms with Gasteiger partial charge in [0.1, 0.15) is 16.9 Å². The molecule has 0 spiro atoms. The van der Waals surface area contributed by atoms with Crippen LogP contribution in [0.5, 0.6) is 5.88 Å². The van der Waals surface area contributed by atoms with Crippen LogP contribution in [0.4, 0.5) is 5.82 Å². The number of aromatic nitrogens is 1. The Balaban J connectivity index is 2.20. The minimum absolute atomic E-state index is 0.143. The second-order valence-corrected chi connectivity index (χ2v) is 6.94. The van der Waals surface area contributed by atoms with E-state index >= 15 is 0 Å². The summed E-state index contributed by atoms with van der Waals surface area (Å²) in [5, 5.41) is 0.782. The largest absolute Gasteiger partial charge is 0.473 e. The van der Waals surface area contributed by atoms with Gasteiger partial charge in [-0.3, -0.25) is 0 Å².